The number of ketones is 2. The third-order valence-electron chi connectivity index (χ3n) is 5.95. The minimum absolute atomic E-state index is 0.0825. The first-order chi connectivity index (χ1) is 16.3. The van der Waals surface area contributed by atoms with Crippen molar-refractivity contribution in [2.24, 2.45) is 5.92 Å². The number of anilines is 1. The van der Waals surface area contributed by atoms with Crippen LogP contribution in [0.5, 0.6) is 17.2 Å². The number of nitrogens with zero attached hydrogens (tertiary/aromatic N) is 1. The Balaban J connectivity index is 1.48. The molecule has 178 valence electrons. The van der Waals surface area contributed by atoms with Crippen molar-refractivity contribution in [1.82, 2.24) is 10.3 Å². The number of carbonyl (C=O) groups is 3. The lowest BCUT2D eigenvalue weighted by atomic mass is 9.74. The highest BCUT2D eigenvalue weighted by Gasteiger charge is 2.60. The molecule has 2 unspecified atom stereocenters. The highest BCUT2D eigenvalue weighted by atomic mass is 35.5. The van der Waals surface area contributed by atoms with Crippen LogP contribution in [0.4, 0.5) is 5.82 Å². The standard InChI is InChI=1S/C24H24ClN3O6/c1-13-10-14(26-9-7-19(30)28-18-6-4-5-8-27-18)11-17(29)24(13)23(31)20-15(32-2)12-16(33-3)21(25)22(20)34-24/h4-6,8,11-13,26H,7,9-10H2,1-3H3,(H,27,28,30). The quantitative estimate of drug-likeness (QED) is 0.574. The number of fused-ring (bicyclic) bond motifs is 1. The molecule has 1 aliphatic carbocycles. The number of carbonyl (C=O) groups excluding carboxylic acids is 3. The van der Waals surface area contributed by atoms with Crippen LogP contribution in [0.3, 0.4) is 0 Å². The number of aromatic nitrogens is 1. The number of benzene rings is 1. The third-order valence-corrected chi connectivity index (χ3v) is 6.30. The van der Waals surface area contributed by atoms with Crippen molar-refractivity contribution in [3.63, 3.8) is 0 Å². The van der Waals surface area contributed by atoms with Gasteiger partial charge in [-0.1, -0.05) is 24.6 Å². The summed E-state index contributed by atoms with van der Waals surface area (Å²) in [5.41, 5.74) is -0.978. The van der Waals surface area contributed by atoms with Crippen molar-refractivity contribution in [2.75, 3.05) is 26.1 Å². The van der Waals surface area contributed by atoms with Crippen LogP contribution in [0.15, 0.2) is 42.2 Å². The Morgan fingerprint density at radius 3 is 2.68 bits per heavy atom. The zero-order valence-electron chi connectivity index (χ0n) is 18.9. The van der Waals surface area contributed by atoms with E-state index in [1.807, 2.05) is 0 Å². The summed E-state index contributed by atoms with van der Waals surface area (Å²) in [4.78, 5) is 42.9. The minimum Gasteiger partial charge on any atom is -0.496 e. The van der Waals surface area contributed by atoms with Crippen molar-refractivity contribution < 1.29 is 28.6 Å². The SMILES string of the molecule is COc1cc(OC)c2c(c1Cl)OC1(C(=O)C=C(NCCC(=O)Nc3ccccn3)CC1C)C2=O. The van der Waals surface area contributed by atoms with E-state index in [0.717, 1.165) is 0 Å². The van der Waals surface area contributed by atoms with Crippen molar-refractivity contribution in [2.45, 2.75) is 25.4 Å². The molecule has 0 radical (unpaired) electrons. The summed E-state index contributed by atoms with van der Waals surface area (Å²) in [6.07, 6.45) is 3.49. The van der Waals surface area contributed by atoms with E-state index >= 15 is 0 Å². The van der Waals surface area contributed by atoms with Crippen LogP contribution in [0.2, 0.25) is 5.02 Å². The molecule has 2 aliphatic rings. The maximum Gasteiger partial charge on any atom is 0.236 e. The Morgan fingerprint density at radius 1 is 1.26 bits per heavy atom. The molecule has 2 N–H and O–H groups in total. The lowest BCUT2D eigenvalue weighted by Gasteiger charge is -2.35. The molecule has 0 bridgehead atoms. The van der Waals surface area contributed by atoms with Gasteiger partial charge in [-0.25, -0.2) is 4.98 Å². The monoisotopic (exact) mass is 485 g/mol. The van der Waals surface area contributed by atoms with Gasteiger partial charge in [0.2, 0.25) is 23.1 Å². The number of halogens is 1. The second kappa shape index (κ2) is 9.34. The van der Waals surface area contributed by atoms with E-state index in [1.165, 1.54) is 26.4 Å². The van der Waals surface area contributed by atoms with Gasteiger partial charge in [0.15, 0.2) is 5.75 Å². The highest BCUT2D eigenvalue weighted by molar-refractivity contribution is 6.36. The maximum atomic E-state index is 13.5. The van der Waals surface area contributed by atoms with Gasteiger partial charge in [-0.2, -0.15) is 0 Å². The van der Waals surface area contributed by atoms with Crippen molar-refractivity contribution in [3.8, 4) is 17.2 Å². The van der Waals surface area contributed by atoms with Gasteiger partial charge >= 0.3 is 0 Å². The zero-order chi connectivity index (χ0) is 24.5. The Bertz CT molecular complexity index is 1180. The second-order valence-electron chi connectivity index (χ2n) is 8.04. The van der Waals surface area contributed by atoms with Gasteiger partial charge in [-0.15, -0.1) is 0 Å². The number of rotatable bonds is 7. The second-order valence-corrected chi connectivity index (χ2v) is 8.42. The molecule has 4 rings (SSSR count). The normalized spacial score (nSPS) is 20.9. The smallest absolute Gasteiger partial charge is 0.236 e. The van der Waals surface area contributed by atoms with Crippen molar-refractivity contribution in [3.05, 3.63) is 52.8 Å². The fourth-order valence-electron chi connectivity index (χ4n) is 4.23. The molecule has 2 aromatic rings. The fraction of sp³-hybridized carbons (Fsp3) is 0.333. The predicted molar refractivity (Wildman–Crippen MR) is 125 cm³/mol. The molecule has 10 heteroatoms. The van der Waals surface area contributed by atoms with Crippen LogP contribution in [0.1, 0.15) is 30.1 Å². The van der Waals surface area contributed by atoms with Gasteiger partial charge < -0.3 is 24.8 Å². The molecule has 1 aliphatic heterocycles. The number of pyridine rings is 1. The Labute approximate surface area is 201 Å². The number of hydrogen-bond acceptors (Lipinski definition) is 8. The number of hydrogen-bond donors (Lipinski definition) is 2. The molecule has 1 amide bonds. The molecule has 9 nitrogen and oxygen atoms in total. The fourth-order valence-corrected chi connectivity index (χ4v) is 4.50. The molecule has 1 aromatic carbocycles. The number of nitrogens with one attached hydrogen (secondary N) is 2. The Hall–Kier alpha value is -3.59. The molecule has 0 saturated carbocycles. The van der Waals surface area contributed by atoms with Gasteiger partial charge in [0, 0.05) is 42.9 Å². The van der Waals surface area contributed by atoms with Crippen LogP contribution in [-0.2, 0) is 9.59 Å². The first kappa shape index (κ1) is 23.6. The average molecular weight is 486 g/mol. The lowest BCUT2D eigenvalue weighted by molar-refractivity contribution is -0.129. The van der Waals surface area contributed by atoms with Crippen molar-refractivity contribution >= 4 is 34.9 Å². The van der Waals surface area contributed by atoms with Crippen LogP contribution in [0.25, 0.3) is 0 Å². The minimum atomic E-state index is -1.73. The number of allylic oxidation sites excluding steroid dienone is 1. The maximum absolute atomic E-state index is 13.5. The summed E-state index contributed by atoms with van der Waals surface area (Å²) in [5, 5.41) is 5.92. The molecule has 1 spiro atoms. The van der Waals surface area contributed by atoms with Crippen LogP contribution in [0, 0.1) is 5.92 Å². The first-order valence-electron chi connectivity index (χ1n) is 10.7. The molecule has 2 atom stereocenters. The van der Waals surface area contributed by atoms with E-state index in [-0.39, 0.29) is 40.2 Å². The number of ether oxygens (including phenoxy) is 3. The van der Waals surface area contributed by atoms with Gasteiger partial charge in [0.05, 0.1) is 14.2 Å². The summed E-state index contributed by atoms with van der Waals surface area (Å²) >= 11 is 6.39. The zero-order valence-corrected chi connectivity index (χ0v) is 19.7. The summed E-state index contributed by atoms with van der Waals surface area (Å²) in [7, 11) is 2.85. The van der Waals surface area contributed by atoms with Crippen LogP contribution < -0.4 is 24.8 Å². The van der Waals surface area contributed by atoms with Gasteiger partial charge in [-0.3, -0.25) is 14.4 Å². The molecule has 34 heavy (non-hydrogen) atoms. The number of Topliss-reactive ketones (excluding diaryl/α,β-unsaturated/α-hetero) is 1. The molecule has 0 fully saturated rings. The molecule has 1 aromatic heterocycles. The summed E-state index contributed by atoms with van der Waals surface area (Å²) in [5.74, 6) is -0.641. The molecular formula is C24H24ClN3O6. The van der Waals surface area contributed by atoms with Crippen molar-refractivity contribution in [1.29, 1.82) is 0 Å². The highest BCUT2D eigenvalue weighted by Crippen LogP contribution is 2.52. The van der Waals surface area contributed by atoms with Crippen LogP contribution >= 0.6 is 11.6 Å². The average Bonchev–Trinajstić information content (AvgIpc) is 3.13. The Kier molecular flexibility index (Phi) is 6.47. The van der Waals surface area contributed by atoms with E-state index in [0.29, 0.717) is 24.5 Å². The first-order valence-corrected chi connectivity index (χ1v) is 11.1. The topological polar surface area (TPSA) is 116 Å². The lowest BCUT2D eigenvalue weighted by Crippen LogP contribution is -2.55. The van der Waals surface area contributed by atoms with Crippen LogP contribution in [-0.4, -0.2) is 48.8 Å². The molecule has 0 saturated heterocycles. The van der Waals surface area contributed by atoms with Gasteiger partial charge in [-0.05, 0) is 18.6 Å². The van der Waals surface area contributed by atoms with E-state index in [1.54, 1.807) is 31.3 Å². The summed E-state index contributed by atoms with van der Waals surface area (Å²) < 4.78 is 16.6. The Morgan fingerprint density at radius 2 is 2.03 bits per heavy atom. The number of amides is 1. The summed E-state index contributed by atoms with van der Waals surface area (Å²) in [6, 6.07) is 6.73. The molecule has 2 heterocycles. The van der Waals surface area contributed by atoms with E-state index in [2.05, 4.69) is 15.6 Å². The largest absolute Gasteiger partial charge is 0.496 e. The van der Waals surface area contributed by atoms with E-state index in [9.17, 15) is 14.4 Å². The summed E-state index contributed by atoms with van der Waals surface area (Å²) in [6.45, 7) is 2.07. The predicted octanol–water partition coefficient (Wildman–Crippen LogP) is 3.18. The van der Waals surface area contributed by atoms with E-state index in [4.69, 9.17) is 25.8 Å². The van der Waals surface area contributed by atoms with Gasteiger partial charge in [0.25, 0.3) is 0 Å². The van der Waals surface area contributed by atoms with Gasteiger partial charge in [0.1, 0.15) is 27.9 Å². The third kappa shape index (κ3) is 3.96. The van der Waals surface area contributed by atoms with E-state index < -0.39 is 23.1 Å². The number of methoxy groups -OCH3 is 2. The molecular weight excluding hydrogens is 462 g/mol.